The van der Waals surface area contributed by atoms with Gasteiger partial charge in [0.1, 0.15) is 6.17 Å². The van der Waals surface area contributed by atoms with Crippen LogP contribution in [0.4, 0.5) is 5.69 Å². The van der Waals surface area contributed by atoms with E-state index in [9.17, 15) is 14.9 Å². The van der Waals surface area contributed by atoms with Gasteiger partial charge in [-0.05, 0) is 17.9 Å². The molecule has 6 heteroatoms. The minimum Gasteiger partial charge on any atom is -0.325 e. The van der Waals surface area contributed by atoms with E-state index in [1.165, 1.54) is 12.1 Å². The van der Waals surface area contributed by atoms with Crippen LogP contribution in [0.1, 0.15) is 32.0 Å². The molecule has 2 rings (SSSR count). The van der Waals surface area contributed by atoms with Crippen LogP contribution in [0.5, 0.6) is 0 Å². The average Bonchev–Trinajstić information content (AvgIpc) is 2.67. The highest BCUT2D eigenvalue weighted by molar-refractivity contribution is 5.84. The van der Waals surface area contributed by atoms with Crippen molar-refractivity contribution in [3.8, 4) is 0 Å². The summed E-state index contributed by atoms with van der Waals surface area (Å²) in [6.07, 6.45) is 0.459. The lowest BCUT2D eigenvalue weighted by atomic mass is 10.0. The largest absolute Gasteiger partial charge is 0.325 e. The summed E-state index contributed by atoms with van der Waals surface area (Å²) in [5.74, 6) is 0.448. The van der Waals surface area contributed by atoms with Crippen molar-refractivity contribution in [3.63, 3.8) is 0 Å². The van der Waals surface area contributed by atoms with Gasteiger partial charge in [-0.25, -0.2) is 0 Å². The number of likely N-dealkylation sites (N-methyl/N-ethyl adjacent to an activating group) is 1. The van der Waals surface area contributed by atoms with E-state index in [2.05, 4.69) is 19.2 Å². The van der Waals surface area contributed by atoms with E-state index in [0.29, 0.717) is 5.92 Å². The molecule has 108 valence electrons. The standard InChI is InChI=1S/C14H19N3O3/c1-9(2)7-12-14(18)16(3)13(15-12)10-5-4-6-11(8-10)17(19)20/h4-6,8-9,12-13,15H,7H2,1-3H3. The normalized spacial score (nSPS) is 22.6. The lowest BCUT2D eigenvalue weighted by Crippen LogP contribution is -2.30. The lowest BCUT2D eigenvalue weighted by Gasteiger charge is -2.19. The highest BCUT2D eigenvalue weighted by Gasteiger charge is 2.37. The number of hydrogen-bond donors (Lipinski definition) is 1. The van der Waals surface area contributed by atoms with Crippen LogP contribution in [0.3, 0.4) is 0 Å². The Bertz CT molecular complexity index is 530. The van der Waals surface area contributed by atoms with Crippen molar-refractivity contribution in [1.82, 2.24) is 10.2 Å². The number of carbonyl (C=O) groups excluding carboxylic acids is 1. The van der Waals surface area contributed by atoms with E-state index in [4.69, 9.17) is 0 Å². The summed E-state index contributed by atoms with van der Waals surface area (Å²) in [4.78, 5) is 24.2. The van der Waals surface area contributed by atoms with Crippen LogP contribution in [0.15, 0.2) is 24.3 Å². The summed E-state index contributed by atoms with van der Waals surface area (Å²) in [5, 5.41) is 14.1. The molecule has 0 spiro atoms. The summed E-state index contributed by atoms with van der Waals surface area (Å²) in [7, 11) is 1.72. The van der Waals surface area contributed by atoms with Gasteiger partial charge in [0, 0.05) is 19.2 Å². The first-order valence-corrected chi connectivity index (χ1v) is 6.67. The summed E-state index contributed by atoms with van der Waals surface area (Å²) in [5.41, 5.74) is 0.777. The van der Waals surface area contributed by atoms with Gasteiger partial charge in [0.2, 0.25) is 5.91 Å². The van der Waals surface area contributed by atoms with E-state index in [0.717, 1.165) is 12.0 Å². The van der Waals surface area contributed by atoms with Crippen molar-refractivity contribution in [1.29, 1.82) is 0 Å². The van der Waals surface area contributed by atoms with Gasteiger partial charge < -0.3 is 4.90 Å². The lowest BCUT2D eigenvalue weighted by molar-refractivity contribution is -0.385. The number of rotatable bonds is 4. The first kappa shape index (κ1) is 14.5. The Morgan fingerprint density at radius 1 is 1.45 bits per heavy atom. The van der Waals surface area contributed by atoms with Gasteiger partial charge in [0.15, 0.2) is 0 Å². The molecule has 1 N–H and O–H groups in total. The molecule has 0 aliphatic carbocycles. The molecule has 0 saturated carbocycles. The third-order valence-corrected chi connectivity index (χ3v) is 3.50. The first-order valence-electron chi connectivity index (χ1n) is 6.67. The summed E-state index contributed by atoms with van der Waals surface area (Å²) < 4.78 is 0. The molecule has 1 aromatic carbocycles. The Labute approximate surface area is 117 Å². The second kappa shape index (κ2) is 5.58. The Kier molecular flexibility index (Phi) is 4.04. The summed E-state index contributed by atoms with van der Waals surface area (Å²) in [6, 6.07) is 6.19. The van der Waals surface area contributed by atoms with Crippen molar-refractivity contribution >= 4 is 11.6 Å². The highest BCUT2D eigenvalue weighted by Crippen LogP contribution is 2.28. The van der Waals surface area contributed by atoms with Crippen LogP contribution in [0, 0.1) is 16.0 Å². The quantitative estimate of drug-likeness (QED) is 0.675. The summed E-state index contributed by atoms with van der Waals surface area (Å²) in [6.45, 7) is 4.13. The zero-order valence-electron chi connectivity index (χ0n) is 11.9. The Balaban J connectivity index is 2.23. The van der Waals surface area contributed by atoms with Crippen molar-refractivity contribution in [2.75, 3.05) is 7.05 Å². The molecule has 1 saturated heterocycles. The number of amides is 1. The monoisotopic (exact) mass is 277 g/mol. The van der Waals surface area contributed by atoms with Crippen LogP contribution < -0.4 is 5.32 Å². The van der Waals surface area contributed by atoms with Gasteiger partial charge in [-0.2, -0.15) is 0 Å². The minimum absolute atomic E-state index is 0.0372. The maximum absolute atomic E-state index is 12.2. The second-order valence-electron chi connectivity index (χ2n) is 5.55. The topological polar surface area (TPSA) is 75.5 Å². The molecule has 20 heavy (non-hydrogen) atoms. The molecule has 6 nitrogen and oxygen atoms in total. The third kappa shape index (κ3) is 2.80. The second-order valence-corrected chi connectivity index (χ2v) is 5.55. The van der Waals surface area contributed by atoms with E-state index in [-0.39, 0.29) is 23.8 Å². The number of hydrogen-bond acceptors (Lipinski definition) is 4. The molecule has 1 aliphatic heterocycles. The van der Waals surface area contributed by atoms with E-state index in [1.54, 1.807) is 24.1 Å². The molecule has 1 aromatic rings. The number of benzene rings is 1. The Hall–Kier alpha value is -1.95. The molecule has 2 unspecified atom stereocenters. The Morgan fingerprint density at radius 3 is 2.75 bits per heavy atom. The van der Waals surface area contributed by atoms with E-state index < -0.39 is 4.92 Å². The molecular formula is C14H19N3O3. The number of nitrogens with one attached hydrogen (secondary N) is 1. The van der Waals surface area contributed by atoms with Crippen LogP contribution >= 0.6 is 0 Å². The fraction of sp³-hybridized carbons (Fsp3) is 0.500. The number of nitrogens with zero attached hydrogens (tertiary/aromatic N) is 2. The highest BCUT2D eigenvalue weighted by atomic mass is 16.6. The molecule has 0 bridgehead atoms. The average molecular weight is 277 g/mol. The molecular weight excluding hydrogens is 258 g/mol. The van der Waals surface area contributed by atoms with Gasteiger partial charge in [0.25, 0.3) is 5.69 Å². The van der Waals surface area contributed by atoms with Gasteiger partial charge >= 0.3 is 0 Å². The van der Waals surface area contributed by atoms with E-state index >= 15 is 0 Å². The van der Waals surface area contributed by atoms with Crippen LogP contribution in [-0.2, 0) is 4.79 Å². The smallest absolute Gasteiger partial charge is 0.269 e. The fourth-order valence-electron chi connectivity index (χ4n) is 2.52. The minimum atomic E-state index is -0.425. The van der Waals surface area contributed by atoms with Crippen molar-refractivity contribution in [2.45, 2.75) is 32.5 Å². The maximum Gasteiger partial charge on any atom is 0.269 e. The molecule has 2 atom stereocenters. The molecule has 1 amide bonds. The van der Waals surface area contributed by atoms with Crippen molar-refractivity contribution < 1.29 is 9.72 Å². The molecule has 1 fully saturated rings. The SMILES string of the molecule is CC(C)CC1NC(c2cccc([N+](=O)[O-])c2)N(C)C1=O. The third-order valence-electron chi connectivity index (χ3n) is 3.50. The van der Waals surface area contributed by atoms with Crippen molar-refractivity contribution in [2.24, 2.45) is 5.92 Å². The number of nitro groups is 1. The predicted molar refractivity (Wildman–Crippen MR) is 75.0 cm³/mol. The van der Waals surface area contributed by atoms with Crippen LogP contribution in [0.25, 0.3) is 0 Å². The zero-order chi connectivity index (χ0) is 14.9. The summed E-state index contributed by atoms with van der Waals surface area (Å²) >= 11 is 0. The van der Waals surface area contributed by atoms with E-state index in [1.807, 2.05) is 0 Å². The number of non-ortho nitro benzene ring substituents is 1. The molecule has 0 radical (unpaired) electrons. The molecule has 1 heterocycles. The van der Waals surface area contributed by atoms with Crippen molar-refractivity contribution in [3.05, 3.63) is 39.9 Å². The van der Waals surface area contributed by atoms with Crippen LogP contribution in [0.2, 0.25) is 0 Å². The zero-order valence-corrected chi connectivity index (χ0v) is 11.9. The Morgan fingerprint density at radius 2 is 2.15 bits per heavy atom. The van der Waals surface area contributed by atoms with Gasteiger partial charge in [-0.1, -0.05) is 26.0 Å². The van der Waals surface area contributed by atoms with Gasteiger partial charge in [-0.3, -0.25) is 20.2 Å². The number of carbonyl (C=O) groups is 1. The van der Waals surface area contributed by atoms with Gasteiger partial charge in [-0.15, -0.1) is 0 Å². The molecule has 1 aliphatic rings. The predicted octanol–water partition coefficient (Wildman–Crippen LogP) is 2.07. The number of nitro benzene ring substituents is 1. The first-order chi connectivity index (χ1) is 9.40. The van der Waals surface area contributed by atoms with Crippen LogP contribution in [-0.4, -0.2) is 28.8 Å². The van der Waals surface area contributed by atoms with Gasteiger partial charge in [0.05, 0.1) is 11.0 Å². The fourth-order valence-corrected chi connectivity index (χ4v) is 2.52. The maximum atomic E-state index is 12.2. The molecule has 0 aromatic heterocycles.